The van der Waals surface area contributed by atoms with Crippen molar-refractivity contribution in [3.05, 3.63) is 83.9 Å². The molecular formula is C18H15FN4O2. The van der Waals surface area contributed by atoms with Gasteiger partial charge in [-0.05, 0) is 29.8 Å². The van der Waals surface area contributed by atoms with E-state index in [1.165, 1.54) is 30.5 Å². The summed E-state index contributed by atoms with van der Waals surface area (Å²) in [7, 11) is 0. The van der Waals surface area contributed by atoms with Crippen LogP contribution in [-0.4, -0.2) is 21.6 Å². The number of hydrogen-bond acceptors (Lipinski definition) is 3. The zero-order valence-corrected chi connectivity index (χ0v) is 13.1. The Labute approximate surface area is 143 Å². The Morgan fingerprint density at radius 3 is 2.44 bits per heavy atom. The summed E-state index contributed by atoms with van der Waals surface area (Å²) in [6.07, 6.45) is 3.01. The molecular weight excluding hydrogens is 323 g/mol. The fourth-order valence-electron chi connectivity index (χ4n) is 2.19. The average Bonchev–Trinajstić information content (AvgIpc) is 3.13. The predicted octanol–water partition coefficient (Wildman–Crippen LogP) is 2.02. The molecule has 0 aliphatic heterocycles. The molecule has 6 nitrogen and oxygen atoms in total. The van der Waals surface area contributed by atoms with Crippen LogP contribution in [0.4, 0.5) is 4.39 Å². The highest BCUT2D eigenvalue weighted by atomic mass is 19.1. The lowest BCUT2D eigenvalue weighted by molar-refractivity contribution is -0.121. The van der Waals surface area contributed by atoms with E-state index in [1.54, 1.807) is 10.9 Å². The molecule has 126 valence electrons. The number of nitrogens with one attached hydrogen (secondary N) is 2. The normalized spacial score (nSPS) is 10.3. The number of carbonyl (C=O) groups excluding carboxylic acids is 2. The van der Waals surface area contributed by atoms with Crippen molar-refractivity contribution in [2.75, 3.05) is 0 Å². The fraction of sp³-hybridized carbons (Fsp3) is 0.0556. The first-order valence-electron chi connectivity index (χ1n) is 7.55. The fourth-order valence-corrected chi connectivity index (χ4v) is 2.19. The lowest BCUT2D eigenvalue weighted by Crippen LogP contribution is -2.42. The SMILES string of the molecule is O=C(Cc1ccc(F)cc1)NNC(=O)c1cnn(-c2ccccc2)c1. The minimum absolute atomic E-state index is 0.0316. The van der Waals surface area contributed by atoms with Gasteiger partial charge in [0.05, 0.1) is 23.9 Å². The molecule has 1 heterocycles. The molecule has 0 unspecified atom stereocenters. The van der Waals surface area contributed by atoms with Crippen LogP contribution in [0.3, 0.4) is 0 Å². The van der Waals surface area contributed by atoms with Crippen molar-refractivity contribution in [3.8, 4) is 5.69 Å². The van der Waals surface area contributed by atoms with E-state index >= 15 is 0 Å². The molecule has 2 amide bonds. The van der Waals surface area contributed by atoms with Gasteiger partial charge in [-0.25, -0.2) is 9.07 Å². The number of para-hydroxylation sites is 1. The van der Waals surface area contributed by atoms with Crippen LogP contribution in [0, 0.1) is 5.82 Å². The Bertz CT molecular complexity index is 876. The third-order valence-corrected chi connectivity index (χ3v) is 3.46. The number of halogens is 1. The summed E-state index contributed by atoms with van der Waals surface area (Å²) in [5.41, 5.74) is 6.43. The van der Waals surface area contributed by atoms with Gasteiger partial charge in [0.15, 0.2) is 0 Å². The third kappa shape index (κ3) is 4.29. The Morgan fingerprint density at radius 2 is 1.72 bits per heavy atom. The molecule has 0 aliphatic carbocycles. The molecule has 0 fully saturated rings. The zero-order chi connectivity index (χ0) is 17.6. The maximum Gasteiger partial charge on any atom is 0.272 e. The minimum atomic E-state index is -0.477. The maximum atomic E-state index is 12.8. The van der Waals surface area contributed by atoms with Crippen LogP contribution in [0.15, 0.2) is 67.0 Å². The lowest BCUT2D eigenvalue weighted by atomic mass is 10.1. The Hall–Kier alpha value is -3.48. The predicted molar refractivity (Wildman–Crippen MR) is 89.3 cm³/mol. The van der Waals surface area contributed by atoms with Crippen molar-refractivity contribution in [1.29, 1.82) is 0 Å². The van der Waals surface area contributed by atoms with E-state index in [1.807, 2.05) is 30.3 Å². The second kappa shape index (κ2) is 7.39. The van der Waals surface area contributed by atoms with E-state index in [0.29, 0.717) is 11.1 Å². The molecule has 7 heteroatoms. The number of amides is 2. The van der Waals surface area contributed by atoms with Crippen LogP contribution in [0.1, 0.15) is 15.9 Å². The van der Waals surface area contributed by atoms with Gasteiger partial charge < -0.3 is 0 Å². The molecule has 2 N–H and O–H groups in total. The van der Waals surface area contributed by atoms with Gasteiger partial charge in [0.2, 0.25) is 5.91 Å². The second-order valence-corrected chi connectivity index (χ2v) is 5.31. The van der Waals surface area contributed by atoms with Crippen molar-refractivity contribution >= 4 is 11.8 Å². The Balaban J connectivity index is 1.55. The smallest absolute Gasteiger partial charge is 0.272 e. The van der Waals surface area contributed by atoms with Crippen molar-refractivity contribution < 1.29 is 14.0 Å². The van der Waals surface area contributed by atoms with Gasteiger partial charge >= 0.3 is 0 Å². The Kier molecular flexibility index (Phi) is 4.84. The number of hydrazine groups is 1. The largest absolute Gasteiger partial charge is 0.273 e. The van der Waals surface area contributed by atoms with Crippen LogP contribution >= 0.6 is 0 Å². The van der Waals surface area contributed by atoms with Crippen LogP contribution in [-0.2, 0) is 11.2 Å². The number of aromatic nitrogens is 2. The van der Waals surface area contributed by atoms with Crippen molar-refractivity contribution in [2.45, 2.75) is 6.42 Å². The van der Waals surface area contributed by atoms with Crippen LogP contribution < -0.4 is 10.9 Å². The molecule has 3 aromatic rings. The van der Waals surface area contributed by atoms with Crippen molar-refractivity contribution in [2.24, 2.45) is 0 Å². The second-order valence-electron chi connectivity index (χ2n) is 5.31. The molecule has 1 aromatic heterocycles. The van der Waals surface area contributed by atoms with Crippen LogP contribution in [0.25, 0.3) is 5.69 Å². The standard InChI is InChI=1S/C18H15FN4O2/c19-15-8-6-13(7-9-15)10-17(24)21-22-18(25)14-11-20-23(12-14)16-4-2-1-3-5-16/h1-9,11-12H,10H2,(H,21,24)(H,22,25). The molecule has 0 saturated heterocycles. The van der Waals surface area contributed by atoms with E-state index in [4.69, 9.17) is 0 Å². The number of rotatable bonds is 4. The molecule has 0 spiro atoms. The van der Waals surface area contributed by atoms with E-state index in [9.17, 15) is 14.0 Å². The van der Waals surface area contributed by atoms with Gasteiger partial charge in [0.25, 0.3) is 5.91 Å². The molecule has 0 saturated carbocycles. The summed E-state index contributed by atoms with van der Waals surface area (Å²) in [6.45, 7) is 0. The first-order chi connectivity index (χ1) is 12.1. The van der Waals surface area contributed by atoms with Crippen LogP contribution in [0.2, 0.25) is 0 Å². The molecule has 2 aromatic carbocycles. The summed E-state index contributed by atoms with van der Waals surface area (Å²) in [4.78, 5) is 23.9. The topological polar surface area (TPSA) is 76.0 Å². The van der Waals surface area contributed by atoms with Gasteiger partial charge in [-0.1, -0.05) is 30.3 Å². The van der Waals surface area contributed by atoms with Crippen LogP contribution in [0.5, 0.6) is 0 Å². The first-order valence-corrected chi connectivity index (χ1v) is 7.55. The minimum Gasteiger partial charge on any atom is -0.273 e. The highest BCUT2D eigenvalue weighted by Gasteiger charge is 2.11. The lowest BCUT2D eigenvalue weighted by Gasteiger charge is -2.06. The summed E-state index contributed by atoms with van der Waals surface area (Å²) >= 11 is 0. The van der Waals surface area contributed by atoms with Gasteiger partial charge in [-0.3, -0.25) is 20.4 Å². The number of nitrogens with zero attached hydrogens (tertiary/aromatic N) is 2. The van der Waals surface area contributed by atoms with E-state index in [0.717, 1.165) is 5.69 Å². The molecule has 0 atom stereocenters. The van der Waals surface area contributed by atoms with Crippen molar-refractivity contribution in [3.63, 3.8) is 0 Å². The van der Waals surface area contributed by atoms with Gasteiger partial charge in [-0.2, -0.15) is 5.10 Å². The zero-order valence-electron chi connectivity index (χ0n) is 13.1. The van der Waals surface area contributed by atoms with Crippen molar-refractivity contribution in [1.82, 2.24) is 20.6 Å². The molecule has 0 radical (unpaired) electrons. The third-order valence-electron chi connectivity index (χ3n) is 3.46. The average molecular weight is 338 g/mol. The monoisotopic (exact) mass is 338 g/mol. The summed E-state index contributed by atoms with van der Waals surface area (Å²) < 4.78 is 14.4. The highest BCUT2D eigenvalue weighted by molar-refractivity contribution is 5.95. The first kappa shape index (κ1) is 16.4. The molecule has 0 bridgehead atoms. The number of benzene rings is 2. The van der Waals surface area contributed by atoms with E-state index in [2.05, 4.69) is 16.0 Å². The van der Waals surface area contributed by atoms with Gasteiger partial charge in [-0.15, -0.1) is 0 Å². The number of carbonyl (C=O) groups is 2. The molecule has 25 heavy (non-hydrogen) atoms. The molecule has 0 aliphatic rings. The Morgan fingerprint density at radius 1 is 1.00 bits per heavy atom. The summed E-state index contributed by atoms with van der Waals surface area (Å²) in [5.74, 6) is -1.25. The van der Waals surface area contributed by atoms with E-state index in [-0.39, 0.29) is 12.2 Å². The summed E-state index contributed by atoms with van der Waals surface area (Å²) in [6, 6.07) is 14.9. The highest BCUT2D eigenvalue weighted by Crippen LogP contribution is 2.07. The summed E-state index contributed by atoms with van der Waals surface area (Å²) in [5, 5.41) is 4.12. The number of hydrogen-bond donors (Lipinski definition) is 2. The van der Waals surface area contributed by atoms with E-state index < -0.39 is 11.8 Å². The van der Waals surface area contributed by atoms with Gasteiger partial charge in [0.1, 0.15) is 5.82 Å². The van der Waals surface area contributed by atoms with Gasteiger partial charge in [0, 0.05) is 6.20 Å². The molecule has 3 rings (SSSR count). The quantitative estimate of drug-likeness (QED) is 0.715. The maximum absolute atomic E-state index is 12.8.